The summed E-state index contributed by atoms with van der Waals surface area (Å²) in [6, 6.07) is 13.3. The van der Waals surface area contributed by atoms with Crippen molar-refractivity contribution in [3.05, 3.63) is 106 Å². The van der Waals surface area contributed by atoms with Gasteiger partial charge in [-0.3, -0.25) is 19.7 Å². The number of carbonyl (C=O) groups excluding carboxylic acids is 1. The minimum Gasteiger partial charge on any atom is -0.493 e. The number of methoxy groups -OCH3 is 2. The molecule has 0 fully saturated rings. The Labute approximate surface area is 255 Å². The van der Waals surface area contributed by atoms with Crippen molar-refractivity contribution in [1.82, 2.24) is 14.1 Å². The topological polar surface area (TPSA) is 123 Å². The van der Waals surface area contributed by atoms with Gasteiger partial charge in [0.05, 0.1) is 31.6 Å². The number of halogens is 2. The summed E-state index contributed by atoms with van der Waals surface area (Å²) in [5.74, 6) is -0.756. The van der Waals surface area contributed by atoms with E-state index in [0.29, 0.717) is 28.2 Å². The summed E-state index contributed by atoms with van der Waals surface area (Å²) < 4.78 is 52.4. The van der Waals surface area contributed by atoms with E-state index in [4.69, 9.17) is 18.9 Å². The molecule has 1 N–H and O–H groups in total. The highest BCUT2D eigenvalue weighted by molar-refractivity contribution is 5.88. The van der Waals surface area contributed by atoms with Crippen molar-refractivity contribution in [2.45, 2.75) is 20.4 Å². The maximum atomic E-state index is 15.1. The molecule has 0 aliphatic rings. The van der Waals surface area contributed by atoms with Gasteiger partial charge in [0, 0.05) is 35.9 Å². The number of aromatic nitrogens is 3. The molecule has 0 spiro atoms. The third-order valence-electron chi connectivity index (χ3n) is 6.58. The van der Waals surface area contributed by atoms with Crippen molar-refractivity contribution in [3.8, 4) is 34.4 Å². The van der Waals surface area contributed by atoms with Gasteiger partial charge in [0.15, 0.2) is 23.1 Å². The van der Waals surface area contributed by atoms with Gasteiger partial charge in [0.25, 0.3) is 0 Å². The van der Waals surface area contributed by atoms with Gasteiger partial charge in [-0.2, -0.15) is 0 Å². The highest BCUT2D eigenvalue weighted by atomic mass is 19.1. The number of carbonyl (C=O) groups is 1. The Balaban J connectivity index is 1.38. The van der Waals surface area contributed by atoms with Gasteiger partial charge >= 0.3 is 17.3 Å². The van der Waals surface area contributed by atoms with Crippen LogP contribution >= 0.6 is 0 Å². The van der Waals surface area contributed by atoms with Crippen LogP contribution in [0.25, 0.3) is 16.6 Å². The van der Waals surface area contributed by atoms with Gasteiger partial charge in [-0.15, -0.1) is 0 Å². The third-order valence-corrected chi connectivity index (χ3v) is 6.58. The highest BCUT2D eigenvalue weighted by Crippen LogP contribution is 2.37. The molecule has 0 aliphatic carbocycles. The fourth-order valence-electron chi connectivity index (χ4n) is 4.55. The van der Waals surface area contributed by atoms with Gasteiger partial charge < -0.3 is 18.9 Å². The Morgan fingerprint density at radius 1 is 0.889 bits per heavy atom. The van der Waals surface area contributed by atoms with Crippen LogP contribution in [0.1, 0.15) is 13.8 Å². The van der Waals surface area contributed by atoms with E-state index in [2.05, 4.69) is 10.3 Å². The summed E-state index contributed by atoms with van der Waals surface area (Å²) in [6.07, 6.45) is 1.52. The number of amides is 1. The Kier molecular flexibility index (Phi) is 8.79. The maximum Gasteiger partial charge on any atom is 0.417 e. The molecule has 2 heterocycles. The van der Waals surface area contributed by atoms with Crippen molar-refractivity contribution in [1.29, 1.82) is 0 Å². The standard InChI is InChI=1S/C32H28F2N4O7/c1-18(2)16-37-17-29(30(39)38(32(37)41)21-8-5-19(33)6-9-21)45-31(40)36-20-7-10-26(23(34)13-20)44-25-11-12-35-24-15-28(43-4)27(42-3)14-22(24)25/h5-15,17-18H,16H2,1-4H3,(H,36,40). The SMILES string of the molecule is COc1cc2nccc(Oc3ccc(NC(=O)Oc4cn(CC(C)C)c(=O)n(-c5ccc(F)cc5)c4=O)cc3F)c2cc1OC. The van der Waals surface area contributed by atoms with Crippen LogP contribution in [-0.2, 0) is 6.54 Å². The van der Waals surface area contributed by atoms with E-state index in [0.717, 1.165) is 29.0 Å². The van der Waals surface area contributed by atoms with Gasteiger partial charge in [-0.25, -0.2) is 22.9 Å². The summed E-state index contributed by atoms with van der Waals surface area (Å²) in [4.78, 5) is 43.4. The van der Waals surface area contributed by atoms with Crippen LogP contribution < -0.4 is 35.5 Å². The van der Waals surface area contributed by atoms with Crippen molar-refractivity contribution >= 4 is 22.7 Å². The van der Waals surface area contributed by atoms with E-state index in [9.17, 15) is 18.8 Å². The molecule has 232 valence electrons. The second-order valence-electron chi connectivity index (χ2n) is 10.2. The first-order valence-electron chi connectivity index (χ1n) is 13.7. The zero-order valence-electron chi connectivity index (χ0n) is 24.7. The lowest BCUT2D eigenvalue weighted by Gasteiger charge is -2.15. The van der Waals surface area contributed by atoms with Crippen LogP contribution in [0.3, 0.4) is 0 Å². The molecule has 11 nitrogen and oxygen atoms in total. The lowest BCUT2D eigenvalue weighted by molar-refractivity contribution is 0.213. The van der Waals surface area contributed by atoms with Gasteiger partial charge in [-0.05, 0) is 54.4 Å². The summed E-state index contributed by atoms with van der Waals surface area (Å²) in [7, 11) is 2.99. The first kappa shape index (κ1) is 30.7. The molecule has 0 saturated carbocycles. The van der Waals surface area contributed by atoms with Crippen molar-refractivity contribution in [2.75, 3.05) is 19.5 Å². The number of fused-ring (bicyclic) bond motifs is 1. The molecule has 13 heteroatoms. The quantitative estimate of drug-likeness (QED) is 0.217. The monoisotopic (exact) mass is 618 g/mol. The Bertz CT molecular complexity index is 2010. The number of nitrogens with zero attached hydrogens (tertiary/aromatic N) is 3. The molecule has 5 aromatic rings. The molecule has 0 radical (unpaired) electrons. The molecular weight excluding hydrogens is 590 g/mol. The average Bonchev–Trinajstić information content (AvgIpc) is 3.01. The first-order valence-corrected chi connectivity index (χ1v) is 13.7. The Morgan fingerprint density at radius 2 is 1.60 bits per heavy atom. The molecule has 2 aromatic heterocycles. The predicted molar refractivity (Wildman–Crippen MR) is 162 cm³/mol. The van der Waals surface area contributed by atoms with Crippen LogP contribution in [0.5, 0.6) is 28.7 Å². The number of rotatable bonds is 9. The number of anilines is 1. The zero-order chi connectivity index (χ0) is 32.2. The van der Waals surface area contributed by atoms with E-state index >= 15 is 4.39 Å². The van der Waals surface area contributed by atoms with E-state index in [1.165, 1.54) is 49.2 Å². The fraction of sp³-hybridized carbons (Fsp3) is 0.188. The van der Waals surface area contributed by atoms with Gasteiger partial charge in [0.1, 0.15) is 11.6 Å². The predicted octanol–water partition coefficient (Wildman–Crippen LogP) is 5.90. The minimum absolute atomic E-state index is 0.00208. The van der Waals surface area contributed by atoms with Gasteiger partial charge in [0.2, 0.25) is 5.75 Å². The molecule has 0 unspecified atom stereocenters. The van der Waals surface area contributed by atoms with Crippen molar-refractivity contribution < 1.29 is 32.5 Å². The van der Waals surface area contributed by atoms with Crippen LogP contribution in [-0.4, -0.2) is 34.4 Å². The molecule has 3 aromatic carbocycles. The Morgan fingerprint density at radius 3 is 2.27 bits per heavy atom. The zero-order valence-corrected chi connectivity index (χ0v) is 24.7. The highest BCUT2D eigenvalue weighted by Gasteiger charge is 2.19. The number of nitrogens with one attached hydrogen (secondary N) is 1. The van der Waals surface area contributed by atoms with Crippen molar-refractivity contribution in [2.24, 2.45) is 5.92 Å². The first-order chi connectivity index (χ1) is 21.6. The summed E-state index contributed by atoms with van der Waals surface area (Å²) in [5.41, 5.74) is -0.997. The molecule has 0 bridgehead atoms. The van der Waals surface area contributed by atoms with Crippen LogP contribution in [0.2, 0.25) is 0 Å². The summed E-state index contributed by atoms with van der Waals surface area (Å²) in [6.45, 7) is 3.93. The van der Waals surface area contributed by atoms with Crippen LogP contribution in [0.15, 0.2) is 82.6 Å². The summed E-state index contributed by atoms with van der Waals surface area (Å²) >= 11 is 0. The van der Waals surface area contributed by atoms with Crippen molar-refractivity contribution in [3.63, 3.8) is 0 Å². The lowest BCUT2D eigenvalue weighted by Crippen LogP contribution is -2.40. The number of ether oxygens (including phenoxy) is 4. The maximum absolute atomic E-state index is 15.1. The van der Waals surface area contributed by atoms with E-state index in [-0.39, 0.29) is 29.6 Å². The number of hydrogen-bond acceptors (Lipinski definition) is 8. The Hall–Kier alpha value is -5.72. The lowest BCUT2D eigenvalue weighted by atomic mass is 10.2. The van der Waals surface area contributed by atoms with E-state index < -0.39 is 34.7 Å². The molecule has 5 rings (SSSR count). The minimum atomic E-state index is -1.11. The molecule has 0 aliphatic heterocycles. The second kappa shape index (κ2) is 12.9. The van der Waals surface area contributed by atoms with Crippen LogP contribution in [0, 0.1) is 17.6 Å². The van der Waals surface area contributed by atoms with E-state index in [1.54, 1.807) is 18.2 Å². The number of hydrogen-bond donors (Lipinski definition) is 1. The largest absolute Gasteiger partial charge is 0.493 e. The molecule has 0 saturated heterocycles. The smallest absolute Gasteiger partial charge is 0.417 e. The third kappa shape index (κ3) is 6.61. The van der Waals surface area contributed by atoms with E-state index in [1.807, 2.05) is 13.8 Å². The normalized spacial score (nSPS) is 11.0. The second-order valence-corrected chi connectivity index (χ2v) is 10.2. The molecule has 45 heavy (non-hydrogen) atoms. The molecule has 0 atom stereocenters. The average molecular weight is 619 g/mol. The van der Waals surface area contributed by atoms with Gasteiger partial charge in [-0.1, -0.05) is 13.8 Å². The summed E-state index contributed by atoms with van der Waals surface area (Å²) in [5, 5.41) is 2.91. The molecule has 1 amide bonds. The number of pyridine rings is 1. The molecular formula is C32H28F2N4O7. The number of benzene rings is 3. The fourth-order valence-corrected chi connectivity index (χ4v) is 4.55. The van der Waals surface area contributed by atoms with Crippen LogP contribution in [0.4, 0.5) is 19.3 Å².